The third-order valence-corrected chi connectivity index (χ3v) is 6.94. The van der Waals surface area contributed by atoms with Crippen LogP contribution in [-0.4, -0.2) is 47.5 Å². The summed E-state index contributed by atoms with van der Waals surface area (Å²) in [6.45, 7) is 1.44. The molecule has 2 N–H and O–H groups in total. The highest BCUT2D eigenvalue weighted by atomic mass is 19.1. The number of nitrogens with one attached hydrogen (secondary N) is 2. The smallest absolute Gasteiger partial charge is 0.408 e. The van der Waals surface area contributed by atoms with Crippen LogP contribution in [0.5, 0.6) is 0 Å². The van der Waals surface area contributed by atoms with E-state index in [1.165, 1.54) is 24.6 Å². The molecule has 1 atom stereocenters. The highest BCUT2D eigenvalue weighted by Gasteiger charge is 2.37. The monoisotopic (exact) mass is 455 g/mol. The number of hydrogen-bond donors (Lipinski definition) is 2. The Balaban J connectivity index is 1.62. The van der Waals surface area contributed by atoms with Crippen molar-refractivity contribution >= 4 is 22.7 Å². The Morgan fingerprint density at radius 3 is 2.76 bits per heavy atom. The predicted molar refractivity (Wildman–Crippen MR) is 122 cm³/mol. The lowest BCUT2D eigenvalue weighted by molar-refractivity contribution is -0.124. The van der Waals surface area contributed by atoms with Gasteiger partial charge in [-0.3, -0.25) is 4.79 Å². The number of nitriles is 1. The van der Waals surface area contributed by atoms with E-state index >= 15 is 0 Å². The third kappa shape index (κ3) is 5.50. The molecule has 1 aromatic carbocycles. The van der Waals surface area contributed by atoms with Gasteiger partial charge in [0.05, 0.1) is 11.5 Å². The number of hydrogen-bond acceptors (Lipinski definition) is 7. The van der Waals surface area contributed by atoms with E-state index in [4.69, 9.17) is 4.42 Å². The van der Waals surface area contributed by atoms with Crippen molar-refractivity contribution in [3.8, 4) is 6.07 Å². The number of nitrogens with zero attached hydrogens (tertiary/aromatic N) is 3. The van der Waals surface area contributed by atoms with Crippen LogP contribution in [0.3, 0.4) is 0 Å². The van der Waals surface area contributed by atoms with E-state index in [1.807, 2.05) is 7.05 Å². The first kappa shape index (κ1) is 23.2. The van der Waals surface area contributed by atoms with Gasteiger partial charge in [0, 0.05) is 13.1 Å². The minimum Gasteiger partial charge on any atom is -0.408 e. The summed E-state index contributed by atoms with van der Waals surface area (Å²) in [5.41, 5.74) is -0.729. The number of amides is 1. The number of piperidine rings is 1. The van der Waals surface area contributed by atoms with Gasteiger partial charge in [-0.15, -0.1) is 0 Å². The highest BCUT2D eigenvalue weighted by Crippen LogP contribution is 2.30. The summed E-state index contributed by atoms with van der Waals surface area (Å²) in [7, 11) is 1.99. The van der Waals surface area contributed by atoms with Crippen molar-refractivity contribution < 1.29 is 13.6 Å². The van der Waals surface area contributed by atoms with Gasteiger partial charge in [0.25, 0.3) is 0 Å². The standard InChI is InChI=1S/C24H30FN5O3/c1-30-11-9-24(15-26,10-12-30)29-22(31)19(13-16-5-3-2-4-6-16)27-21-18-14-17(25)7-8-20(18)33-23(32)28-21/h7-8,14,16,19H,2-6,9-13H2,1H3,(H,29,31)(H,27,28,32). The van der Waals surface area contributed by atoms with E-state index in [0.29, 0.717) is 30.6 Å². The van der Waals surface area contributed by atoms with Crippen molar-refractivity contribution in [1.29, 1.82) is 5.26 Å². The van der Waals surface area contributed by atoms with Gasteiger partial charge in [-0.1, -0.05) is 32.1 Å². The molecule has 1 aliphatic carbocycles. The van der Waals surface area contributed by atoms with Gasteiger partial charge in [0.1, 0.15) is 28.8 Å². The fourth-order valence-corrected chi connectivity index (χ4v) is 4.90. The number of benzene rings is 1. The number of aromatic nitrogens is 1. The Morgan fingerprint density at radius 2 is 2.06 bits per heavy atom. The lowest BCUT2D eigenvalue weighted by atomic mass is 9.84. The van der Waals surface area contributed by atoms with Gasteiger partial charge >= 0.3 is 5.76 Å². The predicted octanol–water partition coefficient (Wildman–Crippen LogP) is 3.18. The molecule has 33 heavy (non-hydrogen) atoms. The van der Waals surface area contributed by atoms with Crippen LogP contribution in [0.25, 0.3) is 11.0 Å². The van der Waals surface area contributed by atoms with Crippen LogP contribution in [0.1, 0.15) is 51.4 Å². The molecule has 1 unspecified atom stereocenters. The Kier molecular flexibility index (Phi) is 6.94. The maximum absolute atomic E-state index is 13.9. The van der Waals surface area contributed by atoms with Crippen LogP contribution in [0, 0.1) is 23.1 Å². The maximum atomic E-state index is 13.9. The molecule has 1 saturated heterocycles. The van der Waals surface area contributed by atoms with Crippen LogP contribution in [0.4, 0.5) is 10.2 Å². The van der Waals surface area contributed by atoms with E-state index in [9.17, 15) is 19.2 Å². The second-order valence-corrected chi connectivity index (χ2v) is 9.39. The van der Waals surface area contributed by atoms with E-state index in [0.717, 1.165) is 38.8 Å². The van der Waals surface area contributed by atoms with Crippen molar-refractivity contribution in [3.05, 3.63) is 34.6 Å². The number of halogens is 1. The average molecular weight is 456 g/mol. The summed E-state index contributed by atoms with van der Waals surface area (Å²) in [5, 5.41) is 16.3. The van der Waals surface area contributed by atoms with Crippen molar-refractivity contribution in [2.45, 2.75) is 62.9 Å². The Hall–Kier alpha value is -2.99. The molecular weight excluding hydrogens is 425 g/mol. The van der Waals surface area contributed by atoms with E-state index in [1.54, 1.807) is 0 Å². The summed E-state index contributed by atoms with van der Waals surface area (Å²) in [5.74, 6) is -1.15. The lowest BCUT2D eigenvalue weighted by Crippen LogP contribution is -2.57. The van der Waals surface area contributed by atoms with E-state index in [-0.39, 0.29) is 17.3 Å². The van der Waals surface area contributed by atoms with Crippen molar-refractivity contribution in [2.75, 3.05) is 25.5 Å². The Morgan fingerprint density at radius 1 is 1.33 bits per heavy atom. The zero-order valence-electron chi connectivity index (χ0n) is 18.9. The largest absolute Gasteiger partial charge is 0.441 e. The molecule has 1 aliphatic heterocycles. The minimum atomic E-state index is -0.923. The molecule has 2 fully saturated rings. The summed E-state index contributed by atoms with van der Waals surface area (Å²) in [6.07, 6.45) is 7.12. The molecule has 2 aromatic rings. The zero-order valence-corrected chi connectivity index (χ0v) is 18.9. The Bertz CT molecular complexity index is 1100. The fourth-order valence-electron chi connectivity index (χ4n) is 4.90. The topological polar surface area (TPSA) is 111 Å². The molecule has 1 amide bonds. The molecule has 0 spiro atoms. The first-order chi connectivity index (χ1) is 15.9. The SMILES string of the molecule is CN1CCC(C#N)(NC(=O)C(CC2CCCCC2)Nc2nc(=O)oc3ccc(F)cc23)CC1. The zero-order chi connectivity index (χ0) is 23.4. The summed E-state index contributed by atoms with van der Waals surface area (Å²) in [4.78, 5) is 31.5. The maximum Gasteiger partial charge on any atom is 0.441 e. The van der Waals surface area contributed by atoms with Gasteiger partial charge in [0.2, 0.25) is 5.91 Å². The third-order valence-electron chi connectivity index (χ3n) is 6.94. The van der Waals surface area contributed by atoms with Crippen molar-refractivity contribution in [3.63, 3.8) is 0 Å². The summed E-state index contributed by atoms with van der Waals surface area (Å²) in [6, 6.07) is 5.42. The van der Waals surface area contributed by atoms with Crippen molar-refractivity contribution in [2.24, 2.45) is 5.92 Å². The number of likely N-dealkylation sites (tertiary alicyclic amines) is 1. The number of rotatable bonds is 6. The molecule has 4 rings (SSSR count). The second kappa shape index (κ2) is 9.87. The minimum absolute atomic E-state index is 0.117. The molecule has 176 valence electrons. The Labute approximate surface area is 192 Å². The molecule has 1 aromatic heterocycles. The number of carbonyl (C=O) groups is 1. The summed E-state index contributed by atoms with van der Waals surface area (Å²) < 4.78 is 19.0. The number of fused-ring (bicyclic) bond motifs is 1. The quantitative estimate of drug-likeness (QED) is 0.688. The average Bonchev–Trinajstić information content (AvgIpc) is 2.81. The van der Waals surface area contributed by atoms with Crippen molar-refractivity contribution in [1.82, 2.24) is 15.2 Å². The van der Waals surface area contributed by atoms with Crippen LogP contribution in [-0.2, 0) is 4.79 Å². The molecule has 9 heteroatoms. The van der Waals surface area contributed by atoms with E-state index < -0.39 is 23.2 Å². The molecule has 0 bridgehead atoms. The normalized spacial score (nSPS) is 20.2. The molecule has 1 saturated carbocycles. The van der Waals surface area contributed by atoms with Gasteiger partial charge in [0.15, 0.2) is 0 Å². The van der Waals surface area contributed by atoms with E-state index in [2.05, 4.69) is 26.6 Å². The van der Waals surface area contributed by atoms with Gasteiger partial charge in [-0.25, -0.2) is 9.18 Å². The lowest BCUT2D eigenvalue weighted by Gasteiger charge is -2.37. The molecule has 8 nitrogen and oxygen atoms in total. The summed E-state index contributed by atoms with van der Waals surface area (Å²) >= 11 is 0. The van der Waals surface area contributed by atoms with Crippen LogP contribution in [0.15, 0.2) is 27.4 Å². The van der Waals surface area contributed by atoms with Gasteiger partial charge in [-0.2, -0.15) is 10.2 Å². The van der Waals surface area contributed by atoms with Crippen LogP contribution >= 0.6 is 0 Å². The molecule has 2 aliphatic rings. The fraction of sp³-hybridized carbons (Fsp3) is 0.583. The molecule has 2 heterocycles. The van der Waals surface area contributed by atoms with Gasteiger partial charge < -0.3 is 20.0 Å². The molecular formula is C24H30FN5O3. The first-order valence-electron chi connectivity index (χ1n) is 11.7. The first-order valence-corrected chi connectivity index (χ1v) is 11.7. The van der Waals surface area contributed by atoms with Crippen LogP contribution in [0.2, 0.25) is 0 Å². The number of carbonyl (C=O) groups excluding carboxylic acids is 1. The second-order valence-electron chi connectivity index (χ2n) is 9.39. The van der Waals surface area contributed by atoms with Crippen LogP contribution < -0.4 is 16.4 Å². The molecule has 0 radical (unpaired) electrons. The number of anilines is 1. The highest BCUT2D eigenvalue weighted by molar-refractivity contribution is 5.91. The van der Waals surface area contributed by atoms with Gasteiger partial charge in [-0.05, 0) is 50.4 Å².